The Morgan fingerprint density at radius 1 is 1.27 bits per heavy atom. The Morgan fingerprint density at radius 3 is 2.45 bits per heavy atom. The van der Waals surface area contributed by atoms with Crippen LogP contribution in [0.2, 0.25) is 0 Å². The maximum absolute atomic E-state index is 11.0. The topological polar surface area (TPSA) is 23.1 Å². The van der Waals surface area contributed by atoms with Crippen LogP contribution in [0, 0.1) is 0 Å². The van der Waals surface area contributed by atoms with Crippen LogP contribution < -0.4 is 56.5 Å². The molecule has 0 bridgehead atoms. The summed E-state index contributed by atoms with van der Waals surface area (Å²) in [6, 6.07) is 7.20. The summed E-state index contributed by atoms with van der Waals surface area (Å²) in [5.41, 5.74) is 0.935. The summed E-state index contributed by atoms with van der Waals surface area (Å²) < 4.78 is 0. The van der Waals surface area contributed by atoms with Gasteiger partial charge in [-0.2, -0.15) is 0 Å². The fraction of sp³-hybridized carbons (Fsp3) is 0.333. The van der Waals surface area contributed by atoms with Gasteiger partial charge in [0.25, 0.3) is 0 Å². The molecular weight excluding hydrogens is 163 g/mol. The molecule has 1 rings (SSSR count). The van der Waals surface area contributed by atoms with Crippen molar-refractivity contribution < 1.29 is 56.5 Å². The van der Waals surface area contributed by atoms with Gasteiger partial charge in [-0.1, -0.05) is 43.2 Å². The Kier molecular flexibility index (Phi) is 6.57. The minimum atomic E-state index is 0. The zero-order chi connectivity index (χ0) is 7.40. The third-order valence-electron chi connectivity index (χ3n) is 1.49. The summed E-state index contributed by atoms with van der Waals surface area (Å²) in [6.45, 7) is 2.08. The van der Waals surface area contributed by atoms with Crippen LogP contribution in [0.4, 0.5) is 0 Å². The van der Waals surface area contributed by atoms with Crippen molar-refractivity contribution >= 4 is 0 Å². The van der Waals surface area contributed by atoms with Gasteiger partial charge in [0.2, 0.25) is 0 Å². The number of para-hydroxylation sites is 1. The largest absolute Gasteiger partial charge is 1.00 e. The molecule has 0 N–H and O–H groups in total. The maximum Gasteiger partial charge on any atom is 1.00 e. The van der Waals surface area contributed by atoms with Crippen molar-refractivity contribution in [3.63, 3.8) is 0 Å². The summed E-state index contributed by atoms with van der Waals surface area (Å²) in [5.74, 6) is 0.171. The molecule has 0 aliphatic heterocycles. The summed E-state index contributed by atoms with van der Waals surface area (Å²) in [4.78, 5) is 0. The molecule has 0 fully saturated rings. The quantitative estimate of drug-likeness (QED) is 0.512. The maximum atomic E-state index is 11.0. The first-order valence-corrected chi connectivity index (χ1v) is 3.59. The van der Waals surface area contributed by atoms with E-state index in [1.54, 1.807) is 12.1 Å². The van der Waals surface area contributed by atoms with Gasteiger partial charge in [0.05, 0.1) is 0 Å². The number of hydrogen-bond donors (Lipinski definition) is 0. The van der Waals surface area contributed by atoms with Gasteiger partial charge in [-0.25, -0.2) is 0 Å². The predicted octanol–water partition coefficient (Wildman–Crippen LogP) is -1.28. The molecule has 0 aliphatic carbocycles. The smallest absolute Gasteiger partial charge is 0.872 e. The molecular formula is C9H11KO. The first kappa shape index (κ1) is 11.7. The Labute approximate surface area is 110 Å². The van der Waals surface area contributed by atoms with E-state index in [0.717, 1.165) is 18.4 Å². The van der Waals surface area contributed by atoms with Gasteiger partial charge in [0.1, 0.15) is 0 Å². The van der Waals surface area contributed by atoms with E-state index in [1.165, 1.54) is 0 Å². The van der Waals surface area contributed by atoms with Crippen LogP contribution in [0.15, 0.2) is 24.3 Å². The van der Waals surface area contributed by atoms with Gasteiger partial charge in [0.15, 0.2) is 0 Å². The van der Waals surface area contributed by atoms with E-state index in [9.17, 15) is 5.11 Å². The summed E-state index contributed by atoms with van der Waals surface area (Å²) in [7, 11) is 0. The summed E-state index contributed by atoms with van der Waals surface area (Å²) in [6.07, 6.45) is 1.94. The molecule has 0 heterocycles. The standard InChI is InChI=1S/C9H12O.K/c1-2-5-8-6-3-4-7-9(8)10;/h3-4,6-7,10H,2,5H2,1H3;/q;+1/p-1. The van der Waals surface area contributed by atoms with Crippen molar-refractivity contribution in [2.45, 2.75) is 19.8 Å². The third kappa shape index (κ3) is 3.72. The molecule has 0 aromatic heterocycles. The van der Waals surface area contributed by atoms with Gasteiger partial charge in [-0.05, 0) is 6.42 Å². The molecule has 0 saturated carbocycles. The predicted molar refractivity (Wildman–Crippen MR) is 39.9 cm³/mol. The zero-order valence-electron chi connectivity index (χ0n) is 7.13. The Balaban J connectivity index is 0.000001000. The molecule has 0 unspecified atom stereocenters. The van der Waals surface area contributed by atoms with E-state index in [0.29, 0.717) is 0 Å². The number of aryl methyl sites for hydroxylation is 1. The Bertz CT molecular complexity index is 210. The molecule has 54 valence electrons. The van der Waals surface area contributed by atoms with Crippen molar-refractivity contribution in [3.05, 3.63) is 29.8 Å². The van der Waals surface area contributed by atoms with E-state index in [1.807, 2.05) is 12.1 Å². The first-order chi connectivity index (χ1) is 4.84. The minimum absolute atomic E-state index is 0. The molecule has 0 spiro atoms. The average molecular weight is 174 g/mol. The molecule has 1 nitrogen and oxygen atoms in total. The molecule has 0 atom stereocenters. The average Bonchev–Trinajstić information content (AvgIpc) is 1.94. The SMILES string of the molecule is CCCc1ccccc1[O-].[K+]. The summed E-state index contributed by atoms with van der Waals surface area (Å²) in [5, 5.41) is 11.0. The molecule has 2 heteroatoms. The fourth-order valence-electron chi connectivity index (χ4n) is 0.980. The molecule has 0 aliphatic rings. The second-order valence-electron chi connectivity index (χ2n) is 2.36. The van der Waals surface area contributed by atoms with Gasteiger partial charge in [-0.3, -0.25) is 0 Å². The van der Waals surface area contributed by atoms with Crippen LogP contribution in [0.5, 0.6) is 5.75 Å². The van der Waals surface area contributed by atoms with E-state index >= 15 is 0 Å². The second kappa shape index (κ2) is 6.20. The van der Waals surface area contributed by atoms with Crippen molar-refractivity contribution in [1.29, 1.82) is 0 Å². The van der Waals surface area contributed by atoms with Crippen LogP contribution in [0.3, 0.4) is 0 Å². The molecule has 1 aromatic rings. The van der Waals surface area contributed by atoms with Crippen molar-refractivity contribution in [3.8, 4) is 5.75 Å². The normalized spacial score (nSPS) is 8.82. The number of rotatable bonds is 2. The van der Waals surface area contributed by atoms with E-state index in [4.69, 9.17) is 0 Å². The van der Waals surface area contributed by atoms with Crippen molar-refractivity contribution in [2.24, 2.45) is 0 Å². The van der Waals surface area contributed by atoms with Gasteiger partial charge < -0.3 is 5.11 Å². The van der Waals surface area contributed by atoms with Gasteiger partial charge >= 0.3 is 51.4 Å². The van der Waals surface area contributed by atoms with Crippen LogP contribution >= 0.6 is 0 Å². The molecule has 0 amide bonds. The molecule has 0 radical (unpaired) electrons. The van der Waals surface area contributed by atoms with Gasteiger partial charge in [0, 0.05) is 0 Å². The number of hydrogen-bond acceptors (Lipinski definition) is 1. The van der Waals surface area contributed by atoms with Crippen LogP contribution in [0.1, 0.15) is 18.9 Å². The Hall–Kier alpha value is 0.656. The minimum Gasteiger partial charge on any atom is -0.872 e. The zero-order valence-corrected chi connectivity index (χ0v) is 10.3. The monoisotopic (exact) mass is 174 g/mol. The van der Waals surface area contributed by atoms with E-state index in [2.05, 4.69) is 6.92 Å². The third-order valence-corrected chi connectivity index (χ3v) is 1.49. The molecule has 11 heavy (non-hydrogen) atoms. The summed E-state index contributed by atoms with van der Waals surface area (Å²) >= 11 is 0. The van der Waals surface area contributed by atoms with Gasteiger partial charge in [-0.15, -0.1) is 5.75 Å². The van der Waals surface area contributed by atoms with Crippen molar-refractivity contribution in [1.82, 2.24) is 0 Å². The second-order valence-corrected chi connectivity index (χ2v) is 2.36. The molecule has 1 aromatic carbocycles. The molecule has 0 saturated heterocycles. The fourth-order valence-corrected chi connectivity index (χ4v) is 0.980. The first-order valence-electron chi connectivity index (χ1n) is 3.59. The number of benzene rings is 1. The Morgan fingerprint density at radius 2 is 1.91 bits per heavy atom. The van der Waals surface area contributed by atoms with E-state index in [-0.39, 0.29) is 57.1 Å². The van der Waals surface area contributed by atoms with Crippen LogP contribution in [-0.4, -0.2) is 0 Å². The van der Waals surface area contributed by atoms with E-state index < -0.39 is 0 Å². The van der Waals surface area contributed by atoms with Crippen molar-refractivity contribution in [2.75, 3.05) is 0 Å². The van der Waals surface area contributed by atoms with Crippen LogP contribution in [-0.2, 0) is 6.42 Å². The van der Waals surface area contributed by atoms with Crippen LogP contribution in [0.25, 0.3) is 0 Å².